The van der Waals surface area contributed by atoms with Crippen molar-refractivity contribution in [1.82, 2.24) is 4.90 Å². The summed E-state index contributed by atoms with van der Waals surface area (Å²) in [6.07, 6.45) is 1.47. The van der Waals surface area contributed by atoms with Gasteiger partial charge in [0.1, 0.15) is 5.75 Å². The third-order valence-electron chi connectivity index (χ3n) is 2.84. The molecule has 2 aromatic rings. The Balaban J connectivity index is 2.37. The average molecular weight is 354 g/mol. The van der Waals surface area contributed by atoms with Crippen molar-refractivity contribution in [3.63, 3.8) is 0 Å². The van der Waals surface area contributed by atoms with Crippen LogP contribution in [0.15, 0.2) is 54.4 Å². The van der Waals surface area contributed by atoms with Gasteiger partial charge in [0, 0.05) is 25.3 Å². The van der Waals surface area contributed by atoms with Gasteiger partial charge in [-0.2, -0.15) is 0 Å². The molecule has 0 bridgehead atoms. The van der Waals surface area contributed by atoms with Crippen LogP contribution in [-0.4, -0.2) is 24.8 Å². The molecule has 0 radical (unpaired) electrons. The lowest BCUT2D eigenvalue weighted by Crippen LogP contribution is -2.15. The molecule has 0 saturated carbocycles. The van der Waals surface area contributed by atoms with Crippen LogP contribution in [0.1, 0.15) is 10.4 Å². The normalized spacial score (nSPS) is 11.3. The van der Waals surface area contributed by atoms with Crippen molar-refractivity contribution in [2.24, 2.45) is 0 Å². The molecule has 3 nitrogen and oxygen atoms in total. The molecule has 2 rings (SSSR count). The second-order valence-corrected chi connectivity index (χ2v) is 5.79. The van der Waals surface area contributed by atoms with Gasteiger partial charge in [0.15, 0.2) is 11.6 Å². The fourth-order valence-corrected chi connectivity index (χ4v) is 2.11. The fourth-order valence-electron chi connectivity index (χ4n) is 1.81. The molecule has 0 aliphatic heterocycles. The van der Waals surface area contributed by atoms with Crippen LogP contribution >= 0.6 is 23.2 Å². The van der Waals surface area contributed by atoms with Gasteiger partial charge in [0.05, 0.1) is 10.6 Å². The van der Waals surface area contributed by atoms with Crippen LogP contribution in [0, 0.1) is 5.82 Å². The lowest BCUT2D eigenvalue weighted by Gasteiger charge is -2.13. The summed E-state index contributed by atoms with van der Waals surface area (Å²) in [5.41, 5.74) is -0.153. The Bertz CT molecular complexity index is 743. The third kappa shape index (κ3) is 4.47. The smallest absolute Gasteiger partial charge is 0.232 e. The number of ether oxygens (including phenoxy) is 1. The number of ketones is 1. The Hall–Kier alpha value is -2.04. The van der Waals surface area contributed by atoms with Crippen molar-refractivity contribution in [3.8, 4) is 5.75 Å². The van der Waals surface area contributed by atoms with Gasteiger partial charge in [-0.05, 0) is 36.4 Å². The zero-order valence-electron chi connectivity index (χ0n) is 12.5. The van der Waals surface area contributed by atoms with E-state index >= 15 is 0 Å². The van der Waals surface area contributed by atoms with Crippen LogP contribution < -0.4 is 4.74 Å². The van der Waals surface area contributed by atoms with Gasteiger partial charge in [-0.25, -0.2) is 4.39 Å². The van der Waals surface area contributed by atoms with E-state index < -0.39 is 11.6 Å². The van der Waals surface area contributed by atoms with E-state index in [1.54, 1.807) is 43.3 Å². The molecule has 0 spiro atoms. The van der Waals surface area contributed by atoms with E-state index in [0.717, 1.165) is 0 Å². The number of Topliss-reactive ketones (excluding diaryl/α,β-unsaturated/α-hetero) is 1. The molecule has 0 aliphatic rings. The van der Waals surface area contributed by atoms with E-state index in [0.29, 0.717) is 10.8 Å². The highest BCUT2D eigenvalue weighted by Gasteiger charge is 2.20. The third-order valence-corrected chi connectivity index (χ3v) is 3.38. The SMILES string of the molecule is CN(C)C=C(Oc1ccc(Cl)cc1)C(=O)c1cccc(Cl)c1F. The summed E-state index contributed by atoms with van der Waals surface area (Å²) < 4.78 is 19.7. The van der Waals surface area contributed by atoms with Crippen LogP contribution in [0.2, 0.25) is 10.0 Å². The molecular weight excluding hydrogens is 340 g/mol. The molecule has 0 aromatic heterocycles. The first-order chi connectivity index (χ1) is 10.9. The number of benzene rings is 2. The van der Waals surface area contributed by atoms with Crippen LogP contribution in [0.3, 0.4) is 0 Å². The Morgan fingerprint density at radius 3 is 2.39 bits per heavy atom. The Morgan fingerprint density at radius 2 is 1.78 bits per heavy atom. The molecule has 0 fully saturated rings. The van der Waals surface area contributed by atoms with Crippen LogP contribution in [-0.2, 0) is 0 Å². The number of hydrogen-bond donors (Lipinski definition) is 0. The van der Waals surface area contributed by atoms with Crippen molar-refractivity contribution < 1.29 is 13.9 Å². The first-order valence-electron chi connectivity index (χ1n) is 6.69. The van der Waals surface area contributed by atoms with Crippen molar-refractivity contribution in [3.05, 3.63) is 75.8 Å². The quantitative estimate of drug-likeness (QED) is 0.439. The van der Waals surface area contributed by atoms with E-state index in [4.69, 9.17) is 27.9 Å². The van der Waals surface area contributed by atoms with Gasteiger partial charge < -0.3 is 9.64 Å². The van der Waals surface area contributed by atoms with Crippen molar-refractivity contribution >= 4 is 29.0 Å². The summed E-state index contributed by atoms with van der Waals surface area (Å²) in [6.45, 7) is 0. The number of nitrogens with zero attached hydrogens (tertiary/aromatic N) is 1. The standard InChI is InChI=1S/C17H14Cl2FNO2/c1-21(2)10-15(23-12-8-6-11(18)7-9-12)17(22)13-4-3-5-14(19)16(13)20/h3-10H,1-2H3. The van der Waals surface area contributed by atoms with Gasteiger partial charge in [-0.15, -0.1) is 0 Å². The highest BCUT2D eigenvalue weighted by molar-refractivity contribution is 6.31. The number of rotatable bonds is 5. The Labute approximate surface area is 143 Å². The number of carbonyl (C=O) groups excluding carboxylic acids is 1. The minimum atomic E-state index is -0.775. The van der Waals surface area contributed by atoms with Gasteiger partial charge in [-0.1, -0.05) is 29.3 Å². The second kappa shape index (κ2) is 7.49. The molecule has 2 aromatic carbocycles. The molecule has 23 heavy (non-hydrogen) atoms. The molecule has 6 heteroatoms. The number of halogens is 3. The van der Waals surface area contributed by atoms with E-state index in [1.807, 2.05) is 0 Å². The van der Waals surface area contributed by atoms with Crippen molar-refractivity contribution in [1.29, 1.82) is 0 Å². The van der Waals surface area contributed by atoms with Crippen LogP contribution in [0.4, 0.5) is 4.39 Å². The molecule has 0 heterocycles. The molecular formula is C17H14Cl2FNO2. The van der Waals surface area contributed by atoms with Gasteiger partial charge in [0.25, 0.3) is 0 Å². The number of carbonyl (C=O) groups is 1. The lowest BCUT2D eigenvalue weighted by molar-refractivity contribution is 0.0978. The molecule has 0 unspecified atom stereocenters. The summed E-state index contributed by atoms with van der Waals surface area (Å²) in [6, 6.07) is 10.7. The summed E-state index contributed by atoms with van der Waals surface area (Å²) >= 11 is 11.6. The van der Waals surface area contributed by atoms with E-state index in [1.165, 1.54) is 24.4 Å². The molecule has 120 valence electrons. The zero-order valence-corrected chi connectivity index (χ0v) is 14.0. The zero-order chi connectivity index (χ0) is 17.0. The maximum Gasteiger partial charge on any atom is 0.232 e. The predicted molar refractivity (Wildman–Crippen MR) is 89.6 cm³/mol. The first kappa shape index (κ1) is 17.3. The van der Waals surface area contributed by atoms with Crippen LogP contribution in [0.25, 0.3) is 0 Å². The topological polar surface area (TPSA) is 29.5 Å². The summed E-state index contributed by atoms with van der Waals surface area (Å²) in [4.78, 5) is 14.2. The Morgan fingerprint density at radius 1 is 1.13 bits per heavy atom. The fraction of sp³-hybridized carbons (Fsp3) is 0.118. The van der Waals surface area contributed by atoms with Crippen molar-refractivity contribution in [2.75, 3.05) is 14.1 Å². The minimum Gasteiger partial charge on any atom is -0.452 e. The molecule has 0 saturated heterocycles. The van der Waals surface area contributed by atoms with Crippen LogP contribution in [0.5, 0.6) is 5.75 Å². The highest BCUT2D eigenvalue weighted by Crippen LogP contribution is 2.23. The molecule has 0 amide bonds. The predicted octanol–water partition coefficient (Wildman–Crippen LogP) is 4.80. The largest absolute Gasteiger partial charge is 0.452 e. The monoisotopic (exact) mass is 353 g/mol. The maximum atomic E-state index is 14.1. The average Bonchev–Trinajstić information content (AvgIpc) is 2.50. The summed E-state index contributed by atoms with van der Waals surface area (Å²) in [7, 11) is 3.46. The van der Waals surface area contributed by atoms with E-state index in [2.05, 4.69) is 0 Å². The highest BCUT2D eigenvalue weighted by atomic mass is 35.5. The molecule has 0 aliphatic carbocycles. The van der Waals surface area contributed by atoms with Gasteiger partial charge >= 0.3 is 0 Å². The number of hydrogen-bond acceptors (Lipinski definition) is 3. The molecule has 0 atom stereocenters. The minimum absolute atomic E-state index is 0.0292. The van der Waals surface area contributed by atoms with E-state index in [-0.39, 0.29) is 16.3 Å². The number of allylic oxidation sites excluding steroid dienone is 1. The van der Waals surface area contributed by atoms with Gasteiger partial charge in [0.2, 0.25) is 5.78 Å². The first-order valence-corrected chi connectivity index (χ1v) is 7.44. The Kier molecular flexibility index (Phi) is 5.64. The lowest BCUT2D eigenvalue weighted by atomic mass is 10.1. The molecule has 0 N–H and O–H groups in total. The van der Waals surface area contributed by atoms with Gasteiger partial charge in [-0.3, -0.25) is 4.79 Å². The summed E-state index contributed by atoms with van der Waals surface area (Å²) in [5.74, 6) is -0.992. The summed E-state index contributed by atoms with van der Waals surface area (Å²) in [5, 5.41) is 0.425. The van der Waals surface area contributed by atoms with E-state index in [9.17, 15) is 9.18 Å². The van der Waals surface area contributed by atoms with Crippen molar-refractivity contribution in [2.45, 2.75) is 0 Å². The second-order valence-electron chi connectivity index (χ2n) is 4.94. The maximum absolute atomic E-state index is 14.1.